The van der Waals surface area contributed by atoms with Gasteiger partial charge in [0.15, 0.2) is 5.06 Å². The van der Waals surface area contributed by atoms with E-state index in [1.807, 2.05) is 12.1 Å². The highest BCUT2D eigenvalue weighted by Gasteiger charge is 2.07. The Hall–Kier alpha value is -0.330. The molecule has 1 aromatic heterocycles. The Labute approximate surface area is 99.7 Å². The average molecular weight is 320 g/mol. The summed E-state index contributed by atoms with van der Waals surface area (Å²) >= 11 is 3.86. The Morgan fingerprint density at radius 2 is 2.21 bits per heavy atom. The van der Waals surface area contributed by atoms with E-state index in [-0.39, 0.29) is 6.61 Å². The van der Waals surface area contributed by atoms with Crippen molar-refractivity contribution < 1.29 is 9.84 Å². The van der Waals surface area contributed by atoms with Crippen LogP contribution in [0, 0.1) is 3.57 Å². The van der Waals surface area contributed by atoms with Crippen molar-refractivity contribution in [1.82, 2.24) is 0 Å². The Bertz CT molecular complexity index is 464. The minimum atomic E-state index is 0.0766. The van der Waals surface area contributed by atoms with Gasteiger partial charge in [0.05, 0.1) is 13.7 Å². The van der Waals surface area contributed by atoms with Crippen LogP contribution in [0.4, 0.5) is 0 Å². The molecule has 0 saturated heterocycles. The van der Waals surface area contributed by atoms with Crippen LogP contribution in [0.2, 0.25) is 0 Å². The molecule has 0 amide bonds. The molecule has 1 N–H and O–H groups in total. The normalized spacial score (nSPS) is 10.8. The topological polar surface area (TPSA) is 29.5 Å². The van der Waals surface area contributed by atoms with Crippen LogP contribution in [0.3, 0.4) is 0 Å². The van der Waals surface area contributed by atoms with E-state index >= 15 is 0 Å². The van der Waals surface area contributed by atoms with Crippen LogP contribution in [0.15, 0.2) is 18.2 Å². The van der Waals surface area contributed by atoms with E-state index in [0.29, 0.717) is 0 Å². The minimum absolute atomic E-state index is 0.0766. The van der Waals surface area contributed by atoms with Crippen LogP contribution in [-0.2, 0) is 6.61 Å². The van der Waals surface area contributed by atoms with Crippen LogP contribution >= 0.6 is 33.9 Å². The van der Waals surface area contributed by atoms with Crippen LogP contribution in [-0.4, -0.2) is 12.2 Å². The first kappa shape index (κ1) is 10.2. The molecule has 0 unspecified atom stereocenters. The van der Waals surface area contributed by atoms with Crippen molar-refractivity contribution in [3.8, 4) is 5.06 Å². The van der Waals surface area contributed by atoms with Gasteiger partial charge in [0, 0.05) is 13.7 Å². The highest BCUT2D eigenvalue weighted by Crippen LogP contribution is 2.34. The molecule has 2 rings (SSSR count). The fourth-order valence-electron chi connectivity index (χ4n) is 1.38. The second-order valence-corrected chi connectivity index (χ2v) is 5.20. The Morgan fingerprint density at radius 3 is 2.86 bits per heavy atom. The summed E-state index contributed by atoms with van der Waals surface area (Å²) in [6.07, 6.45) is 0. The van der Waals surface area contributed by atoms with Crippen molar-refractivity contribution in [1.29, 1.82) is 0 Å². The fraction of sp³-hybridized carbons (Fsp3) is 0.200. The van der Waals surface area contributed by atoms with Gasteiger partial charge in [-0.3, -0.25) is 0 Å². The molecule has 0 aliphatic heterocycles. The molecule has 0 atom stereocenters. The Balaban J connectivity index is 2.71. The lowest BCUT2D eigenvalue weighted by Gasteiger charge is -1.99. The molecule has 14 heavy (non-hydrogen) atoms. The van der Waals surface area contributed by atoms with Gasteiger partial charge in [-0.1, -0.05) is 11.3 Å². The van der Waals surface area contributed by atoms with Gasteiger partial charge in [0.1, 0.15) is 0 Å². The highest BCUT2D eigenvalue weighted by atomic mass is 127. The van der Waals surface area contributed by atoms with Crippen molar-refractivity contribution in [2.75, 3.05) is 7.11 Å². The smallest absolute Gasteiger partial charge is 0.174 e. The number of benzene rings is 1. The molecular weight excluding hydrogens is 311 g/mol. The van der Waals surface area contributed by atoms with E-state index in [9.17, 15) is 5.11 Å². The zero-order chi connectivity index (χ0) is 10.1. The number of thiophene rings is 1. The lowest BCUT2D eigenvalue weighted by Crippen LogP contribution is -1.84. The molecule has 1 aromatic carbocycles. The number of ether oxygens (including phenoxy) is 1. The summed E-state index contributed by atoms with van der Waals surface area (Å²) in [6, 6.07) is 6.07. The molecule has 0 aliphatic rings. The highest BCUT2D eigenvalue weighted by molar-refractivity contribution is 14.1. The van der Waals surface area contributed by atoms with E-state index in [1.165, 1.54) is 0 Å². The average Bonchev–Trinajstić information content (AvgIpc) is 2.59. The molecule has 4 heteroatoms. The molecular formula is C10H9IO2S. The second-order valence-electron chi connectivity index (χ2n) is 2.90. The molecule has 0 saturated carbocycles. The lowest BCUT2D eigenvalue weighted by molar-refractivity contribution is 0.283. The minimum Gasteiger partial charge on any atom is -0.487 e. The third kappa shape index (κ3) is 1.74. The van der Waals surface area contributed by atoms with E-state index < -0.39 is 0 Å². The van der Waals surface area contributed by atoms with Crippen molar-refractivity contribution >= 4 is 44.0 Å². The summed E-state index contributed by atoms with van der Waals surface area (Å²) in [5.41, 5.74) is 0.964. The molecule has 0 aliphatic carbocycles. The number of aliphatic hydroxyl groups is 1. The summed E-state index contributed by atoms with van der Waals surface area (Å²) in [6.45, 7) is 0.0766. The van der Waals surface area contributed by atoms with Crippen molar-refractivity contribution in [3.63, 3.8) is 0 Å². The lowest BCUT2D eigenvalue weighted by atomic mass is 10.1. The van der Waals surface area contributed by atoms with Crippen LogP contribution in [0.5, 0.6) is 5.06 Å². The molecule has 0 spiro atoms. The predicted octanol–water partition coefficient (Wildman–Crippen LogP) is 3.01. The summed E-state index contributed by atoms with van der Waals surface area (Å²) in [5, 5.41) is 11.2. The Kier molecular flexibility index (Phi) is 2.94. The van der Waals surface area contributed by atoms with Gasteiger partial charge in [-0.15, -0.1) is 0 Å². The summed E-state index contributed by atoms with van der Waals surface area (Å²) in [7, 11) is 1.66. The molecule has 0 radical (unpaired) electrons. The molecule has 2 aromatic rings. The quantitative estimate of drug-likeness (QED) is 0.862. The zero-order valence-electron chi connectivity index (χ0n) is 7.58. The van der Waals surface area contributed by atoms with Gasteiger partial charge in [-0.05, 0) is 46.4 Å². The Morgan fingerprint density at radius 1 is 1.43 bits per heavy atom. The number of halogens is 1. The van der Waals surface area contributed by atoms with Crippen LogP contribution in [0.1, 0.15) is 5.56 Å². The second kappa shape index (κ2) is 4.04. The van der Waals surface area contributed by atoms with E-state index in [4.69, 9.17) is 4.74 Å². The number of hydrogen-bond acceptors (Lipinski definition) is 3. The first-order chi connectivity index (χ1) is 6.74. The van der Waals surface area contributed by atoms with Crippen LogP contribution < -0.4 is 4.74 Å². The summed E-state index contributed by atoms with van der Waals surface area (Å²) < 4.78 is 7.48. The number of fused-ring (bicyclic) bond motifs is 1. The van der Waals surface area contributed by atoms with Gasteiger partial charge in [0.2, 0.25) is 0 Å². The monoisotopic (exact) mass is 320 g/mol. The standard InChI is InChI=1S/C10H9IO2S/c1-13-10-4-8-6(5-12)2-7(11)3-9(8)14-10/h2-4,12H,5H2,1H3. The number of hydrogen-bond donors (Lipinski definition) is 1. The summed E-state index contributed by atoms with van der Waals surface area (Å²) in [5.74, 6) is 0. The van der Waals surface area contributed by atoms with Crippen LogP contribution in [0.25, 0.3) is 10.1 Å². The number of aliphatic hydroxyl groups excluding tert-OH is 1. The molecule has 0 bridgehead atoms. The summed E-state index contributed by atoms with van der Waals surface area (Å²) in [4.78, 5) is 0. The molecule has 1 heterocycles. The largest absolute Gasteiger partial charge is 0.487 e. The fourth-order valence-corrected chi connectivity index (χ4v) is 3.24. The van der Waals surface area contributed by atoms with Crippen molar-refractivity contribution in [2.45, 2.75) is 6.61 Å². The third-order valence-corrected chi connectivity index (χ3v) is 3.70. The maximum atomic E-state index is 9.20. The maximum Gasteiger partial charge on any atom is 0.174 e. The van der Waals surface area contributed by atoms with Gasteiger partial charge in [0.25, 0.3) is 0 Å². The molecule has 74 valence electrons. The number of methoxy groups -OCH3 is 1. The van der Waals surface area contributed by atoms with E-state index in [1.54, 1.807) is 18.4 Å². The maximum absolute atomic E-state index is 9.20. The molecule has 2 nitrogen and oxygen atoms in total. The number of rotatable bonds is 2. The van der Waals surface area contributed by atoms with Gasteiger partial charge in [-0.2, -0.15) is 0 Å². The van der Waals surface area contributed by atoms with Gasteiger partial charge >= 0.3 is 0 Å². The SMILES string of the molecule is COc1cc2c(CO)cc(I)cc2s1. The third-order valence-electron chi connectivity index (χ3n) is 2.04. The van der Waals surface area contributed by atoms with Crippen molar-refractivity contribution in [3.05, 3.63) is 27.3 Å². The van der Waals surface area contributed by atoms with Crippen molar-refractivity contribution in [2.24, 2.45) is 0 Å². The first-order valence-corrected chi connectivity index (χ1v) is 6.01. The first-order valence-electron chi connectivity index (χ1n) is 4.11. The van der Waals surface area contributed by atoms with E-state index in [2.05, 4.69) is 28.7 Å². The molecule has 0 fully saturated rings. The van der Waals surface area contributed by atoms with Gasteiger partial charge in [-0.25, -0.2) is 0 Å². The van der Waals surface area contributed by atoms with Gasteiger partial charge < -0.3 is 9.84 Å². The van der Waals surface area contributed by atoms with E-state index in [0.717, 1.165) is 24.3 Å². The zero-order valence-corrected chi connectivity index (χ0v) is 10.6. The predicted molar refractivity (Wildman–Crippen MR) is 67.0 cm³/mol.